The molecule has 4 rings (SSSR count). The van der Waals surface area contributed by atoms with E-state index in [9.17, 15) is 18.0 Å². The zero-order valence-electron chi connectivity index (χ0n) is 17.7. The second-order valence-electron chi connectivity index (χ2n) is 8.46. The lowest BCUT2D eigenvalue weighted by Crippen LogP contribution is -2.67. The van der Waals surface area contributed by atoms with Crippen molar-refractivity contribution in [1.29, 1.82) is 0 Å². The van der Waals surface area contributed by atoms with Gasteiger partial charge >= 0.3 is 0 Å². The molecular weight excluding hydrogens is 406 g/mol. The molecule has 2 aliphatic heterocycles. The quantitative estimate of drug-likeness (QED) is 0.688. The van der Waals surface area contributed by atoms with Gasteiger partial charge in [-0.15, -0.1) is 0 Å². The van der Waals surface area contributed by atoms with Gasteiger partial charge in [-0.1, -0.05) is 18.2 Å². The van der Waals surface area contributed by atoms with Crippen molar-refractivity contribution >= 4 is 32.7 Å². The Morgan fingerprint density at radius 2 is 1.90 bits per heavy atom. The Labute approximate surface area is 176 Å². The SMILES string of the molecule is CN(C)C(=O)[C@]12CCS(=O)(=O)N(C)[C@@H]1CCN(C(=O)c1nn(C)c3ccccc13)C2. The summed E-state index contributed by atoms with van der Waals surface area (Å²) in [4.78, 5) is 29.9. The molecule has 3 heterocycles. The third-order valence-corrected chi connectivity index (χ3v) is 8.40. The van der Waals surface area contributed by atoms with Gasteiger partial charge in [-0.25, -0.2) is 12.7 Å². The van der Waals surface area contributed by atoms with Crippen LogP contribution in [0, 0.1) is 5.41 Å². The predicted octanol–water partition coefficient (Wildman–Crippen LogP) is 0.528. The molecule has 1 aromatic carbocycles. The van der Waals surface area contributed by atoms with Gasteiger partial charge in [-0.2, -0.15) is 5.10 Å². The van der Waals surface area contributed by atoms with Crippen molar-refractivity contribution in [3.8, 4) is 0 Å². The van der Waals surface area contributed by atoms with Gasteiger partial charge in [0, 0.05) is 52.7 Å². The van der Waals surface area contributed by atoms with Crippen molar-refractivity contribution in [3.05, 3.63) is 30.0 Å². The molecule has 10 heteroatoms. The van der Waals surface area contributed by atoms with E-state index in [2.05, 4.69) is 5.10 Å². The highest BCUT2D eigenvalue weighted by Crippen LogP contribution is 2.43. The number of rotatable bonds is 2. The van der Waals surface area contributed by atoms with Gasteiger partial charge in [-0.05, 0) is 18.9 Å². The molecule has 0 radical (unpaired) electrons. The summed E-state index contributed by atoms with van der Waals surface area (Å²) < 4.78 is 28.0. The lowest BCUT2D eigenvalue weighted by Gasteiger charge is -2.53. The van der Waals surface area contributed by atoms with E-state index in [0.29, 0.717) is 18.7 Å². The number of carbonyl (C=O) groups excluding carboxylic acids is 2. The second-order valence-corrected chi connectivity index (χ2v) is 10.6. The number of aryl methyl sites for hydroxylation is 1. The summed E-state index contributed by atoms with van der Waals surface area (Å²) in [5, 5.41) is 5.20. The highest BCUT2D eigenvalue weighted by Gasteiger charge is 2.57. The third kappa shape index (κ3) is 3.01. The van der Waals surface area contributed by atoms with Crippen LogP contribution >= 0.6 is 0 Å². The molecule has 1 aromatic heterocycles. The van der Waals surface area contributed by atoms with E-state index < -0.39 is 21.5 Å². The minimum Gasteiger partial charge on any atom is -0.348 e. The number of amides is 2. The lowest BCUT2D eigenvalue weighted by molar-refractivity contribution is -0.147. The average Bonchev–Trinajstić information content (AvgIpc) is 3.06. The van der Waals surface area contributed by atoms with E-state index in [-0.39, 0.29) is 30.5 Å². The van der Waals surface area contributed by atoms with E-state index in [0.717, 1.165) is 10.9 Å². The first kappa shape index (κ1) is 20.8. The summed E-state index contributed by atoms with van der Waals surface area (Å²) in [7, 11) is 3.28. The smallest absolute Gasteiger partial charge is 0.275 e. The molecular formula is C20H27N5O4S. The van der Waals surface area contributed by atoms with E-state index >= 15 is 0 Å². The topological polar surface area (TPSA) is 95.8 Å². The van der Waals surface area contributed by atoms with E-state index in [1.54, 1.807) is 37.8 Å². The first-order chi connectivity index (χ1) is 14.1. The fourth-order valence-electron chi connectivity index (χ4n) is 4.96. The molecule has 2 atom stereocenters. The van der Waals surface area contributed by atoms with Crippen LogP contribution in [-0.2, 0) is 21.9 Å². The third-order valence-electron chi connectivity index (χ3n) is 6.55. The summed E-state index contributed by atoms with van der Waals surface area (Å²) in [6.45, 7) is 0.551. The average molecular weight is 434 g/mol. The zero-order chi connectivity index (χ0) is 21.8. The molecule has 2 aromatic rings. The summed E-state index contributed by atoms with van der Waals surface area (Å²) in [5.41, 5.74) is 0.260. The van der Waals surface area contributed by atoms with Crippen LogP contribution in [0.4, 0.5) is 0 Å². The second kappa shape index (κ2) is 7.05. The fraction of sp³-hybridized carbons (Fsp3) is 0.550. The lowest BCUT2D eigenvalue weighted by atomic mass is 9.72. The van der Waals surface area contributed by atoms with Gasteiger partial charge in [0.05, 0.1) is 16.7 Å². The van der Waals surface area contributed by atoms with E-state index in [4.69, 9.17) is 0 Å². The first-order valence-electron chi connectivity index (χ1n) is 9.97. The van der Waals surface area contributed by atoms with E-state index in [1.807, 2.05) is 24.3 Å². The Bertz CT molecular complexity index is 1130. The van der Waals surface area contributed by atoms with Gasteiger partial charge in [0.2, 0.25) is 15.9 Å². The number of piperidine rings is 1. The number of hydrogen-bond acceptors (Lipinski definition) is 5. The number of para-hydroxylation sites is 1. The standard InChI is InChI=1S/C20H27N5O4S/c1-22(2)19(27)20-10-12-30(28,29)24(4)16(20)9-11-25(13-20)18(26)17-14-7-5-6-8-15(14)23(3)21-17/h5-8,16H,9-13H2,1-4H3/t16-,20+/m1/s1. The number of carbonyl (C=O) groups is 2. The van der Waals surface area contributed by atoms with Crippen molar-refractivity contribution in [3.63, 3.8) is 0 Å². The number of nitrogens with zero attached hydrogens (tertiary/aromatic N) is 5. The maximum absolute atomic E-state index is 13.4. The Morgan fingerprint density at radius 1 is 1.20 bits per heavy atom. The highest BCUT2D eigenvalue weighted by molar-refractivity contribution is 7.89. The van der Waals surface area contributed by atoms with Gasteiger partial charge < -0.3 is 9.80 Å². The minimum absolute atomic E-state index is 0.103. The molecule has 9 nitrogen and oxygen atoms in total. The number of sulfonamides is 1. The molecule has 2 fully saturated rings. The van der Waals surface area contributed by atoms with Crippen molar-refractivity contribution < 1.29 is 18.0 Å². The summed E-state index contributed by atoms with van der Waals surface area (Å²) in [5.74, 6) is -0.474. The van der Waals surface area contributed by atoms with Crippen molar-refractivity contribution in [2.75, 3.05) is 40.0 Å². The maximum Gasteiger partial charge on any atom is 0.275 e. The summed E-state index contributed by atoms with van der Waals surface area (Å²) in [6.07, 6.45) is 0.611. The molecule has 0 unspecified atom stereocenters. The van der Waals surface area contributed by atoms with Crippen molar-refractivity contribution in [1.82, 2.24) is 23.9 Å². The van der Waals surface area contributed by atoms with Crippen LogP contribution in [0.15, 0.2) is 24.3 Å². The molecule has 0 aliphatic carbocycles. The molecule has 2 aliphatic rings. The highest BCUT2D eigenvalue weighted by atomic mass is 32.2. The Hall–Kier alpha value is -2.46. The van der Waals surface area contributed by atoms with Crippen molar-refractivity contribution in [2.24, 2.45) is 12.5 Å². The van der Waals surface area contributed by atoms with Crippen molar-refractivity contribution in [2.45, 2.75) is 18.9 Å². The molecule has 0 saturated carbocycles. The number of hydrogen-bond donors (Lipinski definition) is 0. The molecule has 162 valence electrons. The van der Waals surface area contributed by atoms with Crippen LogP contribution < -0.4 is 0 Å². The largest absolute Gasteiger partial charge is 0.348 e. The Balaban J connectivity index is 1.72. The summed E-state index contributed by atoms with van der Waals surface area (Å²) in [6, 6.07) is 7.07. The predicted molar refractivity (Wildman–Crippen MR) is 112 cm³/mol. The van der Waals surface area contributed by atoms with Crippen LogP contribution in [0.3, 0.4) is 0 Å². The molecule has 2 amide bonds. The van der Waals surface area contributed by atoms with E-state index in [1.165, 1.54) is 9.21 Å². The molecule has 0 N–H and O–H groups in total. The van der Waals surface area contributed by atoms with Crippen LogP contribution in [0.2, 0.25) is 0 Å². The van der Waals surface area contributed by atoms with Crippen LogP contribution in [0.5, 0.6) is 0 Å². The fourth-order valence-corrected chi connectivity index (χ4v) is 6.57. The Morgan fingerprint density at radius 3 is 2.60 bits per heavy atom. The maximum atomic E-state index is 13.4. The van der Waals surface area contributed by atoms with Gasteiger partial charge in [0.15, 0.2) is 5.69 Å². The molecule has 0 bridgehead atoms. The summed E-state index contributed by atoms with van der Waals surface area (Å²) >= 11 is 0. The molecule has 0 spiro atoms. The van der Waals surface area contributed by atoms with Gasteiger partial charge in [0.25, 0.3) is 5.91 Å². The molecule has 30 heavy (non-hydrogen) atoms. The van der Waals surface area contributed by atoms with Gasteiger partial charge in [-0.3, -0.25) is 14.3 Å². The number of fused-ring (bicyclic) bond motifs is 2. The Kier molecular flexibility index (Phi) is 4.89. The zero-order valence-corrected chi connectivity index (χ0v) is 18.5. The minimum atomic E-state index is -3.40. The molecule has 2 saturated heterocycles. The van der Waals surface area contributed by atoms with Crippen LogP contribution in [0.1, 0.15) is 23.3 Å². The number of likely N-dealkylation sites (tertiary alicyclic amines) is 1. The number of benzene rings is 1. The first-order valence-corrected chi connectivity index (χ1v) is 11.6. The number of aromatic nitrogens is 2. The normalized spacial score (nSPS) is 26.4. The monoisotopic (exact) mass is 433 g/mol. The van der Waals surface area contributed by atoms with Gasteiger partial charge in [0.1, 0.15) is 0 Å². The van der Waals surface area contributed by atoms with Crippen LogP contribution in [-0.4, -0.2) is 90.1 Å². The van der Waals surface area contributed by atoms with Crippen LogP contribution in [0.25, 0.3) is 10.9 Å².